The maximum atomic E-state index is 13.9. The lowest BCUT2D eigenvalue weighted by atomic mass is 10.2. The number of aromatic nitrogens is 2. The number of benzene rings is 1. The van der Waals surface area contributed by atoms with Gasteiger partial charge in [-0.05, 0) is 12.1 Å². The first-order valence-electron chi connectivity index (χ1n) is 9.79. The Bertz CT molecular complexity index is 998. The minimum atomic E-state index is -3.60. The molecule has 1 aromatic carbocycles. The number of rotatable bonds is 8. The summed E-state index contributed by atoms with van der Waals surface area (Å²) in [5, 5.41) is 4.00. The standard InChI is InChI=1S/C20H27FN4O4S/c1-14(2)19-22-20(29-23-19)25-10-8-24(9-11-25)15(3)7-12-28-16-5-6-18(17(21)13-16)30(4,26)27/h5-6,13-14H,3,7-12H2,1-2,4H3. The van der Waals surface area contributed by atoms with Crippen molar-refractivity contribution in [3.63, 3.8) is 0 Å². The summed E-state index contributed by atoms with van der Waals surface area (Å²) < 4.78 is 47.8. The van der Waals surface area contributed by atoms with Crippen LogP contribution in [0.5, 0.6) is 5.75 Å². The number of ether oxygens (including phenoxy) is 1. The summed E-state index contributed by atoms with van der Waals surface area (Å²) in [5.41, 5.74) is 0.927. The van der Waals surface area contributed by atoms with E-state index >= 15 is 0 Å². The highest BCUT2D eigenvalue weighted by atomic mass is 32.2. The van der Waals surface area contributed by atoms with Gasteiger partial charge in [0.05, 0.1) is 6.61 Å². The molecule has 0 atom stereocenters. The summed E-state index contributed by atoms with van der Waals surface area (Å²) in [6.07, 6.45) is 1.55. The monoisotopic (exact) mass is 438 g/mol. The summed E-state index contributed by atoms with van der Waals surface area (Å²) in [5.74, 6) is 0.399. The van der Waals surface area contributed by atoms with Crippen LogP contribution in [0, 0.1) is 5.82 Å². The van der Waals surface area contributed by atoms with E-state index < -0.39 is 15.7 Å². The molecule has 0 N–H and O–H groups in total. The van der Waals surface area contributed by atoms with Gasteiger partial charge in [-0.1, -0.05) is 25.6 Å². The third-order valence-electron chi connectivity index (χ3n) is 4.91. The van der Waals surface area contributed by atoms with Gasteiger partial charge in [-0.15, -0.1) is 0 Å². The number of piperazine rings is 1. The van der Waals surface area contributed by atoms with Crippen LogP contribution in [0.15, 0.2) is 39.9 Å². The molecule has 2 heterocycles. The normalized spacial score (nSPS) is 15.0. The number of sulfone groups is 1. The Labute approximate surface area is 176 Å². The molecule has 0 amide bonds. The van der Waals surface area contributed by atoms with Gasteiger partial charge < -0.3 is 19.1 Å². The van der Waals surface area contributed by atoms with Crippen LogP contribution in [0.3, 0.4) is 0 Å². The highest BCUT2D eigenvalue weighted by Crippen LogP contribution is 2.22. The Morgan fingerprint density at radius 3 is 2.57 bits per heavy atom. The second kappa shape index (κ2) is 9.03. The molecule has 30 heavy (non-hydrogen) atoms. The van der Waals surface area contributed by atoms with Crippen LogP contribution in [0.2, 0.25) is 0 Å². The molecule has 3 rings (SSSR count). The van der Waals surface area contributed by atoms with Crippen LogP contribution in [0.25, 0.3) is 0 Å². The molecule has 2 aromatic rings. The maximum Gasteiger partial charge on any atom is 0.324 e. The van der Waals surface area contributed by atoms with E-state index in [1.807, 2.05) is 13.8 Å². The van der Waals surface area contributed by atoms with Crippen LogP contribution in [-0.4, -0.2) is 62.5 Å². The molecule has 0 unspecified atom stereocenters. The largest absolute Gasteiger partial charge is 0.493 e. The topological polar surface area (TPSA) is 88.8 Å². The van der Waals surface area contributed by atoms with Crippen molar-refractivity contribution < 1.29 is 22.1 Å². The molecule has 1 saturated heterocycles. The summed E-state index contributed by atoms with van der Waals surface area (Å²) >= 11 is 0. The van der Waals surface area contributed by atoms with Crippen LogP contribution >= 0.6 is 0 Å². The van der Waals surface area contributed by atoms with Crippen LogP contribution in [0.1, 0.15) is 32.0 Å². The first-order valence-corrected chi connectivity index (χ1v) is 11.7. The van der Waals surface area contributed by atoms with Crippen molar-refractivity contribution in [2.75, 3.05) is 43.9 Å². The maximum absolute atomic E-state index is 13.9. The fraction of sp³-hybridized carbons (Fsp3) is 0.500. The number of halogens is 1. The van der Waals surface area contributed by atoms with Gasteiger partial charge in [0.1, 0.15) is 16.5 Å². The SMILES string of the molecule is C=C(CCOc1ccc(S(C)(=O)=O)c(F)c1)N1CCN(c2nc(C(C)C)no2)CC1. The summed E-state index contributed by atoms with van der Waals surface area (Å²) in [4.78, 5) is 8.33. The van der Waals surface area contributed by atoms with E-state index in [-0.39, 0.29) is 16.6 Å². The summed E-state index contributed by atoms with van der Waals surface area (Å²) in [6.45, 7) is 11.5. The number of hydrogen-bond acceptors (Lipinski definition) is 8. The van der Waals surface area contributed by atoms with Crippen molar-refractivity contribution in [2.24, 2.45) is 0 Å². The van der Waals surface area contributed by atoms with Crippen LogP contribution in [0.4, 0.5) is 10.4 Å². The van der Waals surface area contributed by atoms with Crippen molar-refractivity contribution in [3.8, 4) is 5.75 Å². The van der Waals surface area contributed by atoms with Gasteiger partial charge in [0.2, 0.25) is 0 Å². The summed E-state index contributed by atoms with van der Waals surface area (Å²) in [6, 6.07) is 4.31. The molecule has 1 fully saturated rings. The number of anilines is 1. The van der Waals surface area contributed by atoms with Crippen LogP contribution in [-0.2, 0) is 9.84 Å². The lowest BCUT2D eigenvalue weighted by Gasteiger charge is -2.36. The molecule has 164 valence electrons. The zero-order valence-corrected chi connectivity index (χ0v) is 18.3. The van der Waals surface area contributed by atoms with E-state index in [1.54, 1.807) is 0 Å². The van der Waals surface area contributed by atoms with Gasteiger partial charge in [0.25, 0.3) is 0 Å². The van der Waals surface area contributed by atoms with Crippen molar-refractivity contribution in [1.82, 2.24) is 15.0 Å². The third kappa shape index (κ3) is 5.29. The zero-order chi connectivity index (χ0) is 21.9. The highest BCUT2D eigenvalue weighted by Gasteiger charge is 2.22. The lowest BCUT2D eigenvalue weighted by molar-refractivity contribution is 0.266. The Hall–Kier alpha value is -2.62. The lowest BCUT2D eigenvalue weighted by Crippen LogP contribution is -2.46. The average Bonchev–Trinajstić information content (AvgIpc) is 3.18. The quantitative estimate of drug-likeness (QED) is 0.622. The second-order valence-electron chi connectivity index (χ2n) is 7.59. The van der Waals surface area contributed by atoms with E-state index in [1.165, 1.54) is 12.1 Å². The molecule has 1 aromatic heterocycles. The van der Waals surface area contributed by atoms with Crippen molar-refractivity contribution in [1.29, 1.82) is 0 Å². The molecular formula is C20H27FN4O4S. The molecule has 0 radical (unpaired) electrons. The van der Waals surface area contributed by atoms with Gasteiger partial charge in [0, 0.05) is 56.5 Å². The predicted molar refractivity (Wildman–Crippen MR) is 111 cm³/mol. The molecule has 1 aliphatic rings. The second-order valence-corrected chi connectivity index (χ2v) is 9.58. The first kappa shape index (κ1) is 22.1. The van der Waals surface area contributed by atoms with E-state index in [4.69, 9.17) is 9.26 Å². The van der Waals surface area contributed by atoms with E-state index in [0.29, 0.717) is 24.9 Å². The Balaban J connectivity index is 1.45. The molecular weight excluding hydrogens is 411 g/mol. The Kier molecular flexibility index (Phi) is 6.64. The molecule has 1 aliphatic heterocycles. The third-order valence-corrected chi connectivity index (χ3v) is 6.04. The van der Waals surface area contributed by atoms with Gasteiger partial charge in [-0.3, -0.25) is 0 Å². The van der Waals surface area contributed by atoms with Crippen molar-refractivity contribution >= 4 is 15.9 Å². The molecule has 10 heteroatoms. The molecule has 8 nitrogen and oxygen atoms in total. The van der Waals surface area contributed by atoms with E-state index in [9.17, 15) is 12.8 Å². The zero-order valence-electron chi connectivity index (χ0n) is 17.5. The van der Waals surface area contributed by atoms with Gasteiger partial charge >= 0.3 is 6.01 Å². The van der Waals surface area contributed by atoms with Crippen LogP contribution < -0.4 is 9.64 Å². The molecule has 0 spiro atoms. The fourth-order valence-electron chi connectivity index (χ4n) is 3.12. The molecule has 0 aliphatic carbocycles. The van der Waals surface area contributed by atoms with E-state index in [2.05, 4.69) is 26.5 Å². The number of hydrogen-bond donors (Lipinski definition) is 0. The fourth-order valence-corrected chi connectivity index (χ4v) is 3.85. The first-order chi connectivity index (χ1) is 14.1. The Morgan fingerprint density at radius 2 is 2.00 bits per heavy atom. The predicted octanol–water partition coefficient (Wildman–Crippen LogP) is 2.84. The molecule has 0 bridgehead atoms. The van der Waals surface area contributed by atoms with Gasteiger partial charge in [-0.2, -0.15) is 4.98 Å². The summed E-state index contributed by atoms with van der Waals surface area (Å²) in [7, 11) is -3.60. The highest BCUT2D eigenvalue weighted by molar-refractivity contribution is 7.90. The average molecular weight is 439 g/mol. The van der Waals surface area contributed by atoms with Crippen molar-refractivity contribution in [2.45, 2.75) is 31.1 Å². The molecule has 0 saturated carbocycles. The van der Waals surface area contributed by atoms with Gasteiger partial charge in [0.15, 0.2) is 15.7 Å². The van der Waals surface area contributed by atoms with Gasteiger partial charge in [-0.25, -0.2) is 12.8 Å². The van der Waals surface area contributed by atoms with Crippen molar-refractivity contribution in [3.05, 3.63) is 42.1 Å². The smallest absolute Gasteiger partial charge is 0.324 e. The minimum absolute atomic E-state index is 0.222. The number of nitrogens with zero attached hydrogens (tertiary/aromatic N) is 4. The minimum Gasteiger partial charge on any atom is -0.493 e. The Morgan fingerprint density at radius 1 is 1.30 bits per heavy atom. The van der Waals surface area contributed by atoms with E-state index in [0.717, 1.165) is 44.2 Å².